The number of aromatic nitrogens is 1. The maximum Gasteiger partial charge on any atom is 0.427 e. The predicted molar refractivity (Wildman–Crippen MR) is 154 cm³/mol. The summed E-state index contributed by atoms with van der Waals surface area (Å²) in [6.45, 7) is 3.97. The van der Waals surface area contributed by atoms with E-state index in [-0.39, 0.29) is 5.97 Å². The fraction of sp³-hybridized carbons (Fsp3) is 0.226. The van der Waals surface area contributed by atoms with Crippen molar-refractivity contribution in [1.29, 1.82) is 0 Å². The van der Waals surface area contributed by atoms with Gasteiger partial charge in [0.1, 0.15) is 11.3 Å². The van der Waals surface area contributed by atoms with Crippen LogP contribution in [0.2, 0.25) is 10.2 Å². The van der Waals surface area contributed by atoms with E-state index in [0.29, 0.717) is 28.0 Å². The van der Waals surface area contributed by atoms with Gasteiger partial charge in [-0.2, -0.15) is 0 Å². The van der Waals surface area contributed by atoms with Crippen LogP contribution < -0.4 is 5.43 Å². The summed E-state index contributed by atoms with van der Waals surface area (Å²) in [4.78, 5) is 25.1. The van der Waals surface area contributed by atoms with E-state index >= 15 is 0 Å². The topological polar surface area (TPSA) is 69.6 Å². The highest BCUT2D eigenvalue weighted by Gasteiger charge is 2.52. The number of amides is 1. The van der Waals surface area contributed by atoms with E-state index in [1.165, 1.54) is 4.68 Å². The number of nitrogens with zero attached hydrogens (tertiary/aromatic N) is 1. The molecule has 1 aliphatic rings. The van der Waals surface area contributed by atoms with Gasteiger partial charge in [-0.1, -0.05) is 89.9 Å². The third-order valence-corrected chi connectivity index (χ3v) is 7.67. The molecular weight excluding hydrogens is 535 g/mol. The number of halogens is 2. The van der Waals surface area contributed by atoms with E-state index in [1.807, 2.05) is 79.7 Å². The van der Waals surface area contributed by atoms with Crippen molar-refractivity contribution in [2.75, 3.05) is 12.0 Å². The number of carbonyl (C=O) groups excluding carboxylic acids is 2. The molecule has 8 heteroatoms. The molecule has 4 aromatic rings. The molecule has 1 atom stereocenters. The summed E-state index contributed by atoms with van der Waals surface area (Å²) in [5, 5.41) is 0.862. The van der Waals surface area contributed by atoms with Gasteiger partial charge in [0.05, 0.1) is 17.7 Å². The minimum Gasteiger partial charge on any atom is -0.465 e. The van der Waals surface area contributed by atoms with Crippen molar-refractivity contribution in [3.05, 3.63) is 106 Å². The van der Waals surface area contributed by atoms with Gasteiger partial charge in [-0.3, -0.25) is 4.79 Å². The molecule has 1 aliphatic carbocycles. The van der Waals surface area contributed by atoms with Gasteiger partial charge in [0, 0.05) is 16.1 Å². The number of hydrogen-bond acceptors (Lipinski definition) is 4. The zero-order valence-electron chi connectivity index (χ0n) is 21.6. The fourth-order valence-corrected chi connectivity index (χ4v) is 5.20. The highest BCUT2D eigenvalue weighted by atomic mass is 35.5. The number of ether oxygens (including phenoxy) is 2. The van der Waals surface area contributed by atoms with Crippen molar-refractivity contribution in [1.82, 2.24) is 4.68 Å². The lowest BCUT2D eigenvalue weighted by atomic mass is 9.93. The Balaban J connectivity index is 1.29. The zero-order chi connectivity index (χ0) is 27.6. The number of benzene rings is 3. The molecule has 6 nitrogen and oxygen atoms in total. The zero-order valence-corrected chi connectivity index (χ0v) is 23.1. The third kappa shape index (κ3) is 5.54. The summed E-state index contributed by atoms with van der Waals surface area (Å²) in [7, 11) is 0. The van der Waals surface area contributed by atoms with Gasteiger partial charge >= 0.3 is 12.1 Å². The average Bonchev–Trinajstić information content (AvgIpc) is 3.68. The summed E-state index contributed by atoms with van der Waals surface area (Å²) < 4.78 is 12.3. The largest absolute Gasteiger partial charge is 0.465 e. The SMILES string of the molecule is CCOC(=O)C1(c2ccc(-c3ccc(-c4ccc(Cl)n4NC(=O)OC(C)c4ccccc4Cl)cc3)cc2)CC1. The molecule has 1 amide bonds. The first kappa shape index (κ1) is 26.9. The Morgan fingerprint density at radius 1 is 0.897 bits per heavy atom. The van der Waals surface area contributed by atoms with Gasteiger partial charge in [0.15, 0.2) is 0 Å². The quantitative estimate of drug-likeness (QED) is 0.220. The number of nitrogens with one attached hydrogen (secondary N) is 1. The summed E-state index contributed by atoms with van der Waals surface area (Å²) in [5.74, 6) is -0.139. The lowest BCUT2D eigenvalue weighted by Crippen LogP contribution is -2.25. The van der Waals surface area contributed by atoms with Crippen LogP contribution in [0.15, 0.2) is 84.9 Å². The second-order valence-electron chi connectivity index (χ2n) is 9.51. The van der Waals surface area contributed by atoms with Gasteiger partial charge in [0.2, 0.25) is 0 Å². The first-order valence-electron chi connectivity index (χ1n) is 12.8. The molecule has 0 saturated heterocycles. The highest BCUT2D eigenvalue weighted by molar-refractivity contribution is 6.31. The van der Waals surface area contributed by atoms with Crippen molar-refractivity contribution >= 4 is 35.3 Å². The normalized spacial score (nSPS) is 14.4. The lowest BCUT2D eigenvalue weighted by Gasteiger charge is -2.17. The molecule has 1 N–H and O–H groups in total. The first-order valence-corrected chi connectivity index (χ1v) is 13.6. The van der Waals surface area contributed by atoms with Gasteiger partial charge in [-0.15, -0.1) is 0 Å². The Bertz CT molecular complexity index is 1490. The monoisotopic (exact) mass is 562 g/mol. The summed E-state index contributed by atoms with van der Waals surface area (Å²) in [6.07, 6.45) is 0.439. The van der Waals surface area contributed by atoms with E-state index in [9.17, 15) is 9.59 Å². The van der Waals surface area contributed by atoms with E-state index in [0.717, 1.165) is 35.1 Å². The molecule has 1 saturated carbocycles. The number of rotatable bonds is 8. The van der Waals surface area contributed by atoms with E-state index in [4.69, 9.17) is 32.7 Å². The van der Waals surface area contributed by atoms with Crippen LogP contribution in [0.3, 0.4) is 0 Å². The van der Waals surface area contributed by atoms with Crippen molar-refractivity contribution in [2.24, 2.45) is 0 Å². The summed E-state index contributed by atoms with van der Waals surface area (Å²) >= 11 is 12.6. The molecule has 1 unspecified atom stereocenters. The molecule has 3 aromatic carbocycles. The van der Waals surface area contributed by atoms with Crippen LogP contribution in [-0.2, 0) is 19.7 Å². The molecule has 0 radical (unpaired) electrons. The van der Waals surface area contributed by atoms with Crippen LogP contribution in [0.1, 0.15) is 43.9 Å². The predicted octanol–water partition coefficient (Wildman–Crippen LogP) is 8.16. The Morgan fingerprint density at radius 3 is 2.13 bits per heavy atom. The lowest BCUT2D eigenvalue weighted by molar-refractivity contribution is -0.146. The number of carbonyl (C=O) groups is 2. The van der Waals surface area contributed by atoms with Gasteiger partial charge < -0.3 is 9.47 Å². The fourth-order valence-electron chi connectivity index (χ4n) is 4.72. The van der Waals surface area contributed by atoms with E-state index in [2.05, 4.69) is 5.43 Å². The molecule has 5 rings (SSSR count). The second-order valence-corrected chi connectivity index (χ2v) is 10.3. The molecule has 1 aromatic heterocycles. The van der Waals surface area contributed by atoms with Crippen LogP contribution in [0, 0.1) is 0 Å². The van der Waals surface area contributed by atoms with E-state index < -0.39 is 17.6 Å². The van der Waals surface area contributed by atoms with Gasteiger partial charge in [-0.25, -0.2) is 14.9 Å². The molecule has 200 valence electrons. The molecular formula is C31H28Cl2N2O4. The van der Waals surface area contributed by atoms with Crippen LogP contribution >= 0.6 is 23.2 Å². The average molecular weight is 563 g/mol. The van der Waals surface area contributed by atoms with Crippen LogP contribution in [0.4, 0.5) is 4.79 Å². The van der Waals surface area contributed by atoms with Crippen molar-refractivity contribution < 1.29 is 19.1 Å². The first-order chi connectivity index (χ1) is 18.8. The van der Waals surface area contributed by atoms with Crippen molar-refractivity contribution in [3.8, 4) is 22.4 Å². The Morgan fingerprint density at radius 2 is 1.51 bits per heavy atom. The minimum absolute atomic E-state index is 0.139. The Labute approximate surface area is 237 Å². The maximum atomic E-state index is 12.7. The number of hydrogen-bond donors (Lipinski definition) is 1. The molecule has 1 heterocycles. The van der Waals surface area contributed by atoms with Gasteiger partial charge in [-0.05, 0) is 61.6 Å². The molecule has 39 heavy (non-hydrogen) atoms. The number of esters is 1. The van der Waals surface area contributed by atoms with Crippen LogP contribution in [0.25, 0.3) is 22.4 Å². The standard InChI is InChI=1S/C31H28Cl2N2O4/c1-3-38-29(36)31(18-19-31)24-14-12-22(13-15-24)21-8-10-23(11-9-21)27-16-17-28(33)35(27)34-30(37)39-20(2)25-6-4-5-7-26(25)32/h4-17,20H,3,18-19H2,1-2H3,(H,34,37). The molecule has 0 aliphatic heterocycles. The summed E-state index contributed by atoms with van der Waals surface area (Å²) in [6, 6.07) is 26.8. The Kier molecular flexibility index (Phi) is 7.69. The third-order valence-electron chi connectivity index (χ3n) is 7.03. The van der Waals surface area contributed by atoms with Crippen LogP contribution in [-0.4, -0.2) is 23.3 Å². The maximum absolute atomic E-state index is 12.7. The van der Waals surface area contributed by atoms with Crippen LogP contribution in [0.5, 0.6) is 0 Å². The smallest absolute Gasteiger partial charge is 0.427 e. The van der Waals surface area contributed by atoms with Crippen molar-refractivity contribution in [2.45, 2.75) is 38.2 Å². The molecule has 1 fully saturated rings. The molecule has 0 spiro atoms. The molecule has 0 bridgehead atoms. The minimum atomic E-state index is -0.658. The second kappa shape index (κ2) is 11.2. The van der Waals surface area contributed by atoms with Crippen molar-refractivity contribution in [3.63, 3.8) is 0 Å². The highest BCUT2D eigenvalue weighted by Crippen LogP contribution is 2.49. The Hall–Kier alpha value is -3.74. The van der Waals surface area contributed by atoms with E-state index in [1.54, 1.807) is 19.1 Å². The van der Waals surface area contributed by atoms with Gasteiger partial charge in [0.25, 0.3) is 0 Å². The summed E-state index contributed by atoms with van der Waals surface area (Å²) in [5.41, 5.74) is 7.56.